The second-order valence-corrected chi connectivity index (χ2v) is 6.59. The number of anilines is 1. The third-order valence-corrected chi connectivity index (χ3v) is 4.56. The first-order valence-corrected chi connectivity index (χ1v) is 8.67. The fourth-order valence-electron chi connectivity index (χ4n) is 2.85. The number of H-pyrrole nitrogens is 1. The molecule has 0 radical (unpaired) electrons. The molecule has 26 heavy (non-hydrogen) atoms. The van der Waals surface area contributed by atoms with Crippen LogP contribution in [0, 0.1) is 13.8 Å². The molecule has 1 saturated carbocycles. The van der Waals surface area contributed by atoms with Crippen molar-refractivity contribution in [3.05, 3.63) is 65.0 Å². The molecular formula is C20H20N4O2. The van der Waals surface area contributed by atoms with E-state index in [2.05, 4.69) is 20.5 Å². The molecule has 1 aromatic carbocycles. The summed E-state index contributed by atoms with van der Waals surface area (Å²) in [6.45, 7) is 3.92. The van der Waals surface area contributed by atoms with Crippen LogP contribution in [0.15, 0.2) is 42.6 Å². The average Bonchev–Trinajstić information content (AvgIpc) is 3.42. The number of ether oxygens (including phenoxy) is 1. The van der Waals surface area contributed by atoms with Crippen molar-refractivity contribution in [3.63, 3.8) is 0 Å². The second-order valence-electron chi connectivity index (χ2n) is 6.59. The predicted octanol–water partition coefficient (Wildman–Crippen LogP) is 4.34. The van der Waals surface area contributed by atoms with E-state index in [0.29, 0.717) is 28.9 Å². The topological polar surface area (TPSA) is 79.9 Å². The summed E-state index contributed by atoms with van der Waals surface area (Å²) in [5, 5.41) is 10.2. The maximum absolute atomic E-state index is 12.5. The maximum Gasteiger partial charge on any atom is 0.256 e. The number of aromatic nitrogens is 3. The number of aryl methyl sites for hydroxylation is 1. The molecular weight excluding hydrogens is 328 g/mol. The molecule has 1 amide bonds. The Bertz CT molecular complexity index is 943. The van der Waals surface area contributed by atoms with Crippen molar-refractivity contribution < 1.29 is 9.53 Å². The molecule has 0 atom stereocenters. The third-order valence-electron chi connectivity index (χ3n) is 4.56. The summed E-state index contributed by atoms with van der Waals surface area (Å²) in [6.07, 6.45) is 4.06. The number of benzene rings is 1. The molecule has 1 aliphatic carbocycles. The molecule has 6 heteroatoms. The number of rotatable bonds is 5. The van der Waals surface area contributed by atoms with Gasteiger partial charge in [-0.2, -0.15) is 5.10 Å². The van der Waals surface area contributed by atoms with E-state index in [0.717, 1.165) is 16.8 Å². The van der Waals surface area contributed by atoms with Gasteiger partial charge in [-0.05, 0) is 57.0 Å². The smallest absolute Gasteiger partial charge is 0.256 e. The largest absolute Gasteiger partial charge is 0.439 e. The molecule has 0 saturated heterocycles. The van der Waals surface area contributed by atoms with Crippen molar-refractivity contribution in [2.24, 2.45) is 0 Å². The predicted molar refractivity (Wildman–Crippen MR) is 98.7 cm³/mol. The quantitative estimate of drug-likeness (QED) is 0.718. The Labute approximate surface area is 151 Å². The summed E-state index contributed by atoms with van der Waals surface area (Å²) in [5.74, 6) is 2.17. The number of hydrogen-bond donors (Lipinski definition) is 2. The van der Waals surface area contributed by atoms with Crippen LogP contribution in [0.2, 0.25) is 0 Å². The van der Waals surface area contributed by atoms with Gasteiger partial charge >= 0.3 is 0 Å². The molecule has 1 fully saturated rings. The molecule has 0 bridgehead atoms. The highest BCUT2D eigenvalue weighted by atomic mass is 16.5. The molecule has 2 N–H and O–H groups in total. The number of aromatic amines is 1. The molecule has 2 aromatic heterocycles. The Kier molecular flexibility index (Phi) is 4.16. The van der Waals surface area contributed by atoms with E-state index in [-0.39, 0.29) is 5.91 Å². The highest BCUT2D eigenvalue weighted by Gasteiger charge is 2.28. The summed E-state index contributed by atoms with van der Waals surface area (Å²) < 4.78 is 5.76. The van der Waals surface area contributed by atoms with Crippen molar-refractivity contribution in [3.8, 4) is 11.6 Å². The van der Waals surface area contributed by atoms with Gasteiger partial charge in [-0.1, -0.05) is 6.07 Å². The lowest BCUT2D eigenvalue weighted by Crippen LogP contribution is -2.12. The minimum absolute atomic E-state index is 0.192. The standard InChI is InChI=1S/C20H20N4O2/c1-12-4-3-11-21-20(12)26-16-9-7-15(8-10-16)19(25)22-18-13(2)17(23-24-18)14-5-6-14/h3-4,7-11,14H,5-6H2,1-2H3,(H2,22,23,24,25). The number of carbonyl (C=O) groups excluding carboxylic acids is 1. The first kappa shape index (κ1) is 16.3. The molecule has 0 unspecified atom stereocenters. The van der Waals surface area contributed by atoms with Crippen LogP contribution < -0.4 is 10.1 Å². The lowest BCUT2D eigenvalue weighted by atomic mass is 10.1. The molecule has 1 aliphatic rings. The van der Waals surface area contributed by atoms with Crippen LogP contribution in [-0.2, 0) is 0 Å². The van der Waals surface area contributed by atoms with Gasteiger partial charge in [0.05, 0.1) is 0 Å². The normalized spacial score (nSPS) is 13.5. The zero-order chi connectivity index (χ0) is 18.1. The lowest BCUT2D eigenvalue weighted by Gasteiger charge is -2.08. The monoisotopic (exact) mass is 348 g/mol. The van der Waals surface area contributed by atoms with Crippen molar-refractivity contribution in [2.45, 2.75) is 32.6 Å². The van der Waals surface area contributed by atoms with Crippen molar-refractivity contribution in [1.82, 2.24) is 15.2 Å². The fourth-order valence-corrected chi connectivity index (χ4v) is 2.85. The number of carbonyl (C=O) groups is 1. The number of nitrogens with one attached hydrogen (secondary N) is 2. The van der Waals surface area contributed by atoms with Crippen LogP contribution in [-0.4, -0.2) is 21.1 Å². The van der Waals surface area contributed by atoms with Gasteiger partial charge in [0.25, 0.3) is 5.91 Å². The van der Waals surface area contributed by atoms with Gasteiger partial charge in [0.2, 0.25) is 5.88 Å². The second kappa shape index (κ2) is 6.63. The van der Waals surface area contributed by atoms with Gasteiger partial charge in [0.1, 0.15) is 5.75 Å². The van der Waals surface area contributed by atoms with Gasteiger partial charge in [-0.25, -0.2) is 4.98 Å². The van der Waals surface area contributed by atoms with Crippen molar-refractivity contribution >= 4 is 11.7 Å². The summed E-state index contributed by atoms with van der Waals surface area (Å²) in [7, 11) is 0. The van der Waals surface area contributed by atoms with Crippen molar-refractivity contribution in [1.29, 1.82) is 0 Å². The van der Waals surface area contributed by atoms with E-state index < -0.39 is 0 Å². The number of amides is 1. The van der Waals surface area contributed by atoms with Gasteiger partial charge in [-0.3, -0.25) is 9.89 Å². The molecule has 132 valence electrons. The number of pyridine rings is 1. The van der Waals surface area contributed by atoms with E-state index in [1.807, 2.05) is 26.0 Å². The van der Waals surface area contributed by atoms with E-state index in [1.54, 1.807) is 30.5 Å². The third kappa shape index (κ3) is 3.31. The zero-order valence-electron chi connectivity index (χ0n) is 14.7. The summed E-state index contributed by atoms with van der Waals surface area (Å²) in [6, 6.07) is 10.8. The van der Waals surface area contributed by atoms with Gasteiger partial charge in [0.15, 0.2) is 5.82 Å². The minimum atomic E-state index is -0.192. The molecule has 0 spiro atoms. The van der Waals surface area contributed by atoms with Crippen LogP contribution in [0.25, 0.3) is 0 Å². The first-order valence-electron chi connectivity index (χ1n) is 8.67. The Morgan fingerprint density at radius 1 is 1.19 bits per heavy atom. The lowest BCUT2D eigenvalue weighted by molar-refractivity contribution is 0.102. The van der Waals surface area contributed by atoms with Crippen LogP contribution in [0.1, 0.15) is 45.9 Å². The molecule has 4 rings (SSSR count). The number of hydrogen-bond acceptors (Lipinski definition) is 4. The Morgan fingerprint density at radius 2 is 1.96 bits per heavy atom. The van der Waals surface area contributed by atoms with Crippen LogP contribution in [0.5, 0.6) is 11.6 Å². The summed E-state index contributed by atoms with van der Waals surface area (Å²) in [5.41, 5.74) is 3.65. The minimum Gasteiger partial charge on any atom is -0.439 e. The zero-order valence-corrected chi connectivity index (χ0v) is 14.7. The van der Waals surface area contributed by atoms with Gasteiger partial charge in [0, 0.05) is 34.5 Å². The van der Waals surface area contributed by atoms with Crippen LogP contribution in [0.4, 0.5) is 5.82 Å². The SMILES string of the molecule is Cc1cccnc1Oc1ccc(C(=O)Nc2n[nH]c(C3CC3)c2C)cc1. The van der Waals surface area contributed by atoms with E-state index in [4.69, 9.17) is 4.74 Å². The maximum atomic E-state index is 12.5. The van der Waals surface area contributed by atoms with Crippen molar-refractivity contribution in [2.75, 3.05) is 5.32 Å². The number of nitrogens with zero attached hydrogens (tertiary/aromatic N) is 2. The molecule has 2 heterocycles. The highest BCUT2D eigenvalue weighted by Crippen LogP contribution is 2.41. The Hall–Kier alpha value is -3.15. The Morgan fingerprint density at radius 3 is 2.65 bits per heavy atom. The molecule has 3 aromatic rings. The van der Waals surface area contributed by atoms with Gasteiger partial charge < -0.3 is 10.1 Å². The summed E-state index contributed by atoms with van der Waals surface area (Å²) in [4.78, 5) is 16.7. The Balaban J connectivity index is 1.44. The van der Waals surface area contributed by atoms with Crippen LogP contribution in [0.3, 0.4) is 0 Å². The highest BCUT2D eigenvalue weighted by molar-refractivity contribution is 6.04. The van der Waals surface area contributed by atoms with Crippen LogP contribution >= 0.6 is 0 Å². The molecule has 0 aliphatic heterocycles. The average molecular weight is 348 g/mol. The fraction of sp³-hybridized carbons (Fsp3) is 0.250. The van der Waals surface area contributed by atoms with E-state index >= 15 is 0 Å². The first-order chi connectivity index (χ1) is 12.6. The van der Waals surface area contributed by atoms with E-state index in [9.17, 15) is 4.79 Å². The van der Waals surface area contributed by atoms with E-state index in [1.165, 1.54) is 12.8 Å². The van der Waals surface area contributed by atoms with Gasteiger partial charge in [-0.15, -0.1) is 0 Å². The summed E-state index contributed by atoms with van der Waals surface area (Å²) >= 11 is 0. The molecule has 6 nitrogen and oxygen atoms in total.